The summed E-state index contributed by atoms with van der Waals surface area (Å²) in [5.41, 5.74) is 0.694. The van der Waals surface area contributed by atoms with Gasteiger partial charge >= 0.3 is 0 Å². The SMILES string of the molecule is CCCCCCCCC1(C(C)NCCC)CC1. The van der Waals surface area contributed by atoms with Crippen LogP contribution in [0.5, 0.6) is 0 Å². The van der Waals surface area contributed by atoms with E-state index in [1.807, 2.05) is 0 Å². The van der Waals surface area contributed by atoms with Gasteiger partial charge in [0.25, 0.3) is 0 Å². The Labute approximate surface area is 109 Å². The Morgan fingerprint density at radius 1 is 0.941 bits per heavy atom. The molecule has 0 saturated heterocycles. The fraction of sp³-hybridized carbons (Fsp3) is 1.00. The van der Waals surface area contributed by atoms with E-state index in [-0.39, 0.29) is 0 Å². The maximum absolute atomic E-state index is 3.70. The molecule has 0 aromatic carbocycles. The van der Waals surface area contributed by atoms with Gasteiger partial charge in [-0.2, -0.15) is 0 Å². The third-order valence-corrected chi connectivity index (χ3v) is 4.54. The quantitative estimate of drug-likeness (QED) is 0.505. The van der Waals surface area contributed by atoms with E-state index < -0.39 is 0 Å². The van der Waals surface area contributed by atoms with E-state index >= 15 is 0 Å². The maximum atomic E-state index is 3.70. The molecule has 0 radical (unpaired) electrons. The number of unbranched alkanes of at least 4 members (excludes halogenated alkanes) is 5. The fourth-order valence-corrected chi connectivity index (χ4v) is 2.89. The van der Waals surface area contributed by atoms with E-state index in [2.05, 4.69) is 26.1 Å². The molecule has 1 fully saturated rings. The van der Waals surface area contributed by atoms with Crippen LogP contribution < -0.4 is 5.32 Å². The zero-order chi connectivity index (χ0) is 12.6. The molecule has 102 valence electrons. The van der Waals surface area contributed by atoms with Crippen LogP contribution in [0.4, 0.5) is 0 Å². The molecule has 0 bridgehead atoms. The van der Waals surface area contributed by atoms with Crippen molar-refractivity contribution in [2.24, 2.45) is 5.41 Å². The van der Waals surface area contributed by atoms with Crippen molar-refractivity contribution in [1.29, 1.82) is 0 Å². The molecule has 0 amide bonds. The Bertz CT molecular complexity index is 184. The van der Waals surface area contributed by atoms with E-state index in [0.29, 0.717) is 5.41 Å². The Hall–Kier alpha value is -0.0400. The normalized spacial score (nSPS) is 19.2. The molecular weight excluding hydrogens is 206 g/mol. The van der Waals surface area contributed by atoms with Crippen molar-refractivity contribution in [3.63, 3.8) is 0 Å². The number of rotatable bonds is 11. The molecule has 1 N–H and O–H groups in total. The van der Waals surface area contributed by atoms with Crippen molar-refractivity contribution in [2.45, 2.75) is 91.0 Å². The van der Waals surface area contributed by atoms with Crippen molar-refractivity contribution in [1.82, 2.24) is 5.32 Å². The summed E-state index contributed by atoms with van der Waals surface area (Å²) in [4.78, 5) is 0. The van der Waals surface area contributed by atoms with Crippen molar-refractivity contribution in [3.8, 4) is 0 Å². The molecule has 1 atom stereocenters. The van der Waals surface area contributed by atoms with Crippen LogP contribution >= 0.6 is 0 Å². The lowest BCUT2D eigenvalue weighted by Gasteiger charge is -2.24. The van der Waals surface area contributed by atoms with Gasteiger partial charge in [-0.15, -0.1) is 0 Å². The van der Waals surface area contributed by atoms with Gasteiger partial charge < -0.3 is 5.32 Å². The first-order valence-corrected chi connectivity index (χ1v) is 7.98. The molecule has 1 aliphatic rings. The topological polar surface area (TPSA) is 12.0 Å². The summed E-state index contributed by atoms with van der Waals surface area (Å²) in [7, 11) is 0. The Balaban J connectivity index is 2.05. The van der Waals surface area contributed by atoms with Gasteiger partial charge in [0.2, 0.25) is 0 Å². The highest BCUT2D eigenvalue weighted by atomic mass is 14.9. The first-order chi connectivity index (χ1) is 8.25. The van der Waals surface area contributed by atoms with Crippen LogP contribution in [-0.4, -0.2) is 12.6 Å². The minimum absolute atomic E-state index is 0.694. The maximum Gasteiger partial charge on any atom is 0.00951 e. The van der Waals surface area contributed by atoms with Gasteiger partial charge in [-0.05, 0) is 44.6 Å². The summed E-state index contributed by atoms with van der Waals surface area (Å²) in [5.74, 6) is 0. The van der Waals surface area contributed by atoms with Gasteiger partial charge in [0.15, 0.2) is 0 Å². The predicted molar refractivity (Wildman–Crippen MR) is 77.4 cm³/mol. The van der Waals surface area contributed by atoms with Gasteiger partial charge in [0.05, 0.1) is 0 Å². The Morgan fingerprint density at radius 2 is 1.59 bits per heavy atom. The van der Waals surface area contributed by atoms with Gasteiger partial charge in [-0.1, -0.05) is 52.4 Å². The first kappa shape index (κ1) is 15.0. The second kappa shape index (κ2) is 8.13. The van der Waals surface area contributed by atoms with Crippen LogP contribution in [0.25, 0.3) is 0 Å². The molecule has 17 heavy (non-hydrogen) atoms. The molecule has 1 heteroatoms. The zero-order valence-corrected chi connectivity index (χ0v) is 12.4. The zero-order valence-electron chi connectivity index (χ0n) is 12.4. The summed E-state index contributed by atoms with van der Waals surface area (Å²) < 4.78 is 0. The van der Waals surface area contributed by atoms with Gasteiger partial charge in [0.1, 0.15) is 0 Å². The van der Waals surface area contributed by atoms with Crippen molar-refractivity contribution < 1.29 is 0 Å². The fourth-order valence-electron chi connectivity index (χ4n) is 2.89. The highest BCUT2D eigenvalue weighted by Gasteiger charge is 2.45. The predicted octanol–water partition coefficient (Wildman–Crippen LogP) is 4.91. The van der Waals surface area contributed by atoms with Crippen molar-refractivity contribution >= 4 is 0 Å². The molecule has 0 aromatic heterocycles. The highest BCUT2D eigenvalue weighted by Crippen LogP contribution is 2.52. The lowest BCUT2D eigenvalue weighted by atomic mass is 9.90. The largest absolute Gasteiger partial charge is 0.314 e. The Kier molecular flexibility index (Phi) is 7.18. The molecule has 1 unspecified atom stereocenters. The lowest BCUT2D eigenvalue weighted by Crippen LogP contribution is -2.35. The second-order valence-electron chi connectivity index (χ2n) is 6.06. The molecule has 1 saturated carbocycles. The van der Waals surface area contributed by atoms with Crippen LogP contribution in [0.1, 0.15) is 85.0 Å². The van der Waals surface area contributed by atoms with Crippen LogP contribution in [0.15, 0.2) is 0 Å². The second-order valence-corrected chi connectivity index (χ2v) is 6.06. The van der Waals surface area contributed by atoms with E-state index in [0.717, 1.165) is 6.04 Å². The molecule has 0 heterocycles. The van der Waals surface area contributed by atoms with E-state index in [9.17, 15) is 0 Å². The minimum Gasteiger partial charge on any atom is -0.314 e. The minimum atomic E-state index is 0.694. The van der Waals surface area contributed by atoms with Crippen molar-refractivity contribution in [2.75, 3.05) is 6.54 Å². The number of hydrogen-bond acceptors (Lipinski definition) is 1. The van der Waals surface area contributed by atoms with Crippen LogP contribution in [0.2, 0.25) is 0 Å². The third kappa shape index (κ3) is 5.42. The number of nitrogens with one attached hydrogen (secondary N) is 1. The summed E-state index contributed by atoms with van der Waals surface area (Å²) in [6.45, 7) is 8.15. The monoisotopic (exact) mass is 239 g/mol. The average molecular weight is 239 g/mol. The van der Waals surface area contributed by atoms with Gasteiger partial charge in [-0.25, -0.2) is 0 Å². The first-order valence-electron chi connectivity index (χ1n) is 7.98. The van der Waals surface area contributed by atoms with E-state index in [1.54, 1.807) is 0 Å². The molecule has 0 aromatic rings. The summed E-state index contributed by atoms with van der Waals surface area (Å²) in [6, 6.07) is 0.748. The molecule has 0 aliphatic heterocycles. The van der Waals surface area contributed by atoms with Crippen LogP contribution in [-0.2, 0) is 0 Å². The molecular formula is C16H33N. The smallest absolute Gasteiger partial charge is 0.00951 e. The Morgan fingerprint density at radius 3 is 2.18 bits per heavy atom. The lowest BCUT2D eigenvalue weighted by molar-refractivity contribution is 0.319. The van der Waals surface area contributed by atoms with Crippen LogP contribution in [0.3, 0.4) is 0 Å². The summed E-state index contributed by atoms with van der Waals surface area (Å²) in [5, 5.41) is 3.70. The van der Waals surface area contributed by atoms with E-state index in [4.69, 9.17) is 0 Å². The van der Waals surface area contributed by atoms with Crippen LogP contribution in [0, 0.1) is 5.41 Å². The van der Waals surface area contributed by atoms with E-state index in [1.165, 1.54) is 70.8 Å². The van der Waals surface area contributed by atoms with Gasteiger partial charge in [-0.3, -0.25) is 0 Å². The number of hydrogen-bond donors (Lipinski definition) is 1. The molecule has 1 aliphatic carbocycles. The molecule has 1 nitrogen and oxygen atoms in total. The molecule has 0 spiro atoms. The highest BCUT2D eigenvalue weighted by molar-refractivity contribution is 5.00. The van der Waals surface area contributed by atoms with Gasteiger partial charge in [0, 0.05) is 6.04 Å². The standard InChI is InChI=1S/C16H33N/c1-4-6-7-8-9-10-11-16(12-13-16)15(3)17-14-5-2/h15,17H,4-14H2,1-3H3. The summed E-state index contributed by atoms with van der Waals surface area (Å²) in [6.07, 6.45) is 14.3. The molecule has 1 rings (SSSR count). The average Bonchev–Trinajstić information content (AvgIpc) is 3.12. The third-order valence-electron chi connectivity index (χ3n) is 4.54. The van der Waals surface area contributed by atoms with Crippen molar-refractivity contribution in [3.05, 3.63) is 0 Å². The summed E-state index contributed by atoms with van der Waals surface area (Å²) >= 11 is 0.